The number of carbonyl (C=O) groups is 1. The molecule has 0 saturated carbocycles. The lowest BCUT2D eigenvalue weighted by Gasteiger charge is -2.19. The summed E-state index contributed by atoms with van der Waals surface area (Å²) in [5.74, 6) is 2.17. The second-order valence-corrected chi connectivity index (χ2v) is 10.4. The Bertz CT molecular complexity index is 1430. The van der Waals surface area contributed by atoms with E-state index in [2.05, 4.69) is 40.5 Å². The SMILES string of the molecule is CC(=O)[C@@H](CC(C)C)Nc1cc(-n2cccc2)nc(NCc2cccc(C#N)c2)n1.Cc1ccc(Cl)cc1Cl. The number of Topliss-reactive ketones (excluding diaryl/α,β-unsaturated/α-hetero) is 1. The second kappa shape index (κ2) is 14.3. The molecule has 2 aromatic heterocycles. The highest BCUT2D eigenvalue weighted by Crippen LogP contribution is 2.20. The van der Waals surface area contributed by atoms with Crippen molar-refractivity contribution in [3.8, 4) is 11.9 Å². The van der Waals surface area contributed by atoms with Gasteiger partial charge in [-0.2, -0.15) is 15.2 Å². The molecule has 4 aromatic rings. The molecule has 0 radical (unpaired) electrons. The normalized spacial score (nSPS) is 11.2. The van der Waals surface area contributed by atoms with E-state index in [1.807, 2.05) is 72.4 Å². The summed E-state index contributed by atoms with van der Waals surface area (Å²) in [7, 11) is 0. The molecule has 0 aliphatic carbocycles. The van der Waals surface area contributed by atoms with Crippen molar-refractivity contribution in [2.75, 3.05) is 10.6 Å². The van der Waals surface area contributed by atoms with Gasteiger partial charge in [-0.05, 0) is 73.7 Å². The van der Waals surface area contributed by atoms with E-state index >= 15 is 0 Å². The highest BCUT2D eigenvalue weighted by atomic mass is 35.5. The summed E-state index contributed by atoms with van der Waals surface area (Å²) in [4.78, 5) is 21.3. The Labute approximate surface area is 239 Å². The van der Waals surface area contributed by atoms with Crippen LogP contribution < -0.4 is 10.6 Å². The van der Waals surface area contributed by atoms with E-state index in [4.69, 9.17) is 28.5 Å². The molecule has 0 amide bonds. The lowest BCUT2D eigenvalue weighted by molar-refractivity contribution is -0.118. The summed E-state index contributed by atoms with van der Waals surface area (Å²) in [5, 5.41) is 17.0. The number of nitrogens with one attached hydrogen (secondary N) is 2. The number of hydrogen-bond donors (Lipinski definition) is 2. The van der Waals surface area contributed by atoms with E-state index in [1.165, 1.54) is 0 Å². The molecule has 2 N–H and O–H groups in total. The third kappa shape index (κ3) is 9.43. The fourth-order valence-electron chi connectivity index (χ4n) is 3.68. The van der Waals surface area contributed by atoms with Crippen molar-refractivity contribution in [3.63, 3.8) is 0 Å². The summed E-state index contributed by atoms with van der Waals surface area (Å²) >= 11 is 11.4. The molecule has 0 unspecified atom stereocenters. The number of aryl methyl sites for hydroxylation is 1. The van der Waals surface area contributed by atoms with Gasteiger partial charge in [-0.15, -0.1) is 0 Å². The van der Waals surface area contributed by atoms with Crippen LogP contribution in [0.25, 0.3) is 5.82 Å². The smallest absolute Gasteiger partial charge is 0.226 e. The number of benzene rings is 2. The number of ketones is 1. The van der Waals surface area contributed by atoms with Crippen LogP contribution in [0.5, 0.6) is 0 Å². The van der Waals surface area contributed by atoms with Crippen molar-refractivity contribution in [2.45, 2.75) is 46.7 Å². The molecule has 0 aliphatic heterocycles. The molecule has 0 aliphatic rings. The first kappa shape index (κ1) is 29.7. The van der Waals surface area contributed by atoms with Crippen molar-refractivity contribution in [1.82, 2.24) is 14.5 Å². The van der Waals surface area contributed by atoms with Crippen molar-refractivity contribution in [1.29, 1.82) is 5.26 Å². The van der Waals surface area contributed by atoms with Crippen LogP contribution in [0.1, 0.15) is 43.9 Å². The maximum atomic E-state index is 12.1. The minimum atomic E-state index is -0.308. The number of carbonyl (C=O) groups excluding carboxylic acids is 1. The molecule has 202 valence electrons. The van der Waals surface area contributed by atoms with Crippen LogP contribution in [-0.2, 0) is 11.3 Å². The van der Waals surface area contributed by atoms with Gasteiger partial charge in [-0.25, -0.2) is 0 Å². The predicted octanol–water partition coefficient (Wildman–Crippen LogP) is 7.47. The van der Waals surface area contributed by atoms with Gasteiger partial charge in [0.1, 0.15) is 11.6 Å². The van der Waals surface area contributed by atoms with Gasteiger partial charge in [0.2, 0.25) is 5.95 Å². The van der Waals surface area contributed by atoms with Gasteiger partial charge in [0, 0.05) is 35.1 Å². The average molecular weight is 564 g/mol. The van der Waals surface area contributed by atoms with E-state index in [9.17, 15) is 4.79 Å². The summed E-state index contributed by atoms with van der Waals surface area (Å²) in [6.45, 7) is 8.19. The van der Waals surface area contributed by atoms with E-state index in [-0.39, 0.29) is 11.8 Å². The molecule has 39 heavy (non-hydrogen) atoms. The Morgan fingerprint density at radius 2 is 1.79 bits per heavy atom. The Kier molecular flexibility index (Phi) is 10.9. The van der Waals surface area contributed by atoms with Crippen molar-refractivity contribution >= 4 is 40.8 Å². The predicted molar refractivity (Wildman–Crippen MR) is 159 cm³/mol. The number of nitriles is 1. The molecule has 0 fully saturated rings. The number of hydrogen-bond acceptors (Lipinski definition) is 6. The first-order valence-electron chi connectivity index (χ1n) is 12.6. The molecule has 0 spiro atoms. The molecule has 2 aromatic carbocycles. The minimum absolute atomic E-state index is 0.0765. The minimum Gasteiger partial charge on any atom is -0.360 e. The van der Waals surface area contributed by atoms with Gasteiger partial charge in [0.25, 0.3) is 0 Å². The van der Waals surface area contributed by atoms with Gasteiger partial charge in [0.15, 0.2) is 5.78 Å². The highest BCUT2D eigenvalue weighted by molar-refractivity contribution is 6.35. The summed E-state index contributed by atoms with van der Waals surface area (Å²) in [6.07, 6.45) is 4.54. The number of anilines is 2. The van der Waals surface area contributed by atoms with Crippen LogP contribution >= 0.6 is 23.2 Å². The van der Waals surface area contributed by atoms with Crippen molar-refractivity contribution in [2.24, 2.45) is 5.92 Å². The first-order valence-corrected chi connectivity index (χ1v) is 13.3. The van der Waals surface area contributed by atoms with Crippen LogP contribution in [0, 0.1) is 24.2 Å². The van der Waals surface area contributed by atoms with Crippen LogP contribution in [0.3, 0.4) is 0 Å². The number of rotatable bonds is 9. The van der Waals surface area contributed by atoms with Crippen LogP contribution in [0.2, 0.25) is 10.0 Å². The summed E-state index contributed by atoms with van der Waals surface area (Å²) in [5.41, 5.74) is 2.62. The Morgan fingerprint density at radius 1 is 1.05 bits per heavy atom. The molecule has 4 rings (SSSR count). The Hall–Kier alpha value is -3.86. The third-order valence-corrected chi connectivity index (χ3v) is 6.38. The second-order valence-electron chi connectivity index (χ2n) is 9.52. The van der Waals surface area contributed by atoms with Gasteiger partial charge < -0.3 is 15.2 Å². The molecule has 9 heteroatoms. The molecule has 0 saturated heterocycles. The number of aromatic nitrogens is 3. The topological polar surface area (TPSA) is 95.6 Å². The Morgan fingerprint density at radius 3 is 2.41 bits per heavy atom. The third-order valence-electron chi connectivity index (χ3n) is 5.74. The quantitative estimate of drug-likeness (QED) is 0.219. The van der Waals surface area contributed by atoms with Gasteiger partial charge in [0.05, 0.1) is 17.7 Å². The van der Waals surface area contributed by atoms with E-state index < -0.39 is 0 Å². The molecular weight excluding hydrogens is 531 g/mol. The van der Waals surface area contributed by atoms with Crippen molar-refractivity contribution in [3.05, 3.63) is 99.8 Å². The maximum Gasteiger partial charge on any atom is 0.226 e. The van der Waals surface area contributed by atoms with Gasteiger partial charge in [-0.1, -0.05) is 55.2 Å². The fourth-order valence-corrected chi connectivity index (χ4v) is 4.09. The fraction of sp³-hybridized carbons (Fsp3) is 0.267. The van der Waals surface area contributed by atoms with Gasteiger partial charge in [-0.3, -0.25) is 4.79 Å². The molecule has 0 bridgehead atoms. The Balaban J connectivity index is 0.000000395. The number of halogens is 2. The zero-order valence-corrected chi connectivity index (χ0v) is 24.0. The van der Waals surface area contributed by atoms with E-state index in [1.54, 1.807) is 19.1 Å². The molecule has 7 nitrogen and oxygen atoms in total. The highest BCUT2D eigenvalue weighted by Gasteiger charge is 2.17. The summed E-state index contributed by atoms with van der Waals surface area (Å²) in [6, 6.07) is 20.4. The van der Waals surface area contributed by atoms with Crippen LogP contribution in [0.15, 0.2) is 73.1 Å². The van der Waals surface area contributed by atoms with Crippen molar-refractivity contribution < 1.29 is 4.79 Å². The largest absolute Gasteiger partial charge is 0.360 e. The first-order chi connectivity index (χ1) is 18.6. The maximum absolute atomic E-state index is 12.1. The standard InChI is InChI=1S/C23H26N6O.C7H6Cl2/c1-16(2)11-20(17(3)30)26-21-13-22(29-9-4-5-10-29)28-23(27-21)25-15-19-8-6-7-18(12-19)14-24;1-5-2-3-6(8)4-7(5)9/h4-10,12-13,16,20H,11,15H2,1-3H3,(H2,25,26,27,28);2-4H,1H3/t20-;/m1./s1. The van der Waals surface area contributed by atoms with E-state index in [0.717, 1.165) is 22.6 Å². The lowest BCUT2D eigenvalue weighted by Crippen LogP contribution is -2.29. The molecule has 1 atom stereocenters. The zero-order chi connectivity index (χ0) is 28.4. The monoisotopic (exact) mass is 562 g/mol. The molecular formula is C30H32Cl2N6O. The van der Waals surface area contributed by atoms with Crippen LogP contribution in [-0.4, -0.2) is 26.4 Å². The van der Waals surface area contributed by atoms with E-state index in [0.29, 0.717) is 40.6 Å². The average Bonchev–Trinajstić information content (AvgIpc) is 3.45. The van der Waals surface area contributed by atoms with Gasteiger partial charge >= 0.3 is 0 Å². The molecule has 2 heterocycles. The lowest BCUT2D eigenvalue weighted by atomic mass is 10.0. The van der Waals surface area contributed by atoms with Crippen LogP contribution in [0.4, 0.5) is 11.8 Å². The number of nitrogens with zero attached hydrogens (tertiary/aromatic N) is 4. The zero-order valence-electron chi connectivity index (χ0n) is 22.5. The summed E-state index contributed by atoms with van der Waals surface area (Å²) < 4.78 is 1.89.